The zero-order valence-corrected chi connectivity index (χ0v) is 15.6. The van der Waals surface area contributed by atoms with E-state index in [4.69, 9.17) is 4.74 Å². The molecule has 8 heteroatoms. The lowest BCUT2D eigenvalue weighted by Crippen LogP contribution is -2.48. The summed E-state index contributed by atoms with van der Waals surface area (Å²) in [5.74, 6) is 0.134. The molecule has 1 aliphatic rings. The fourth-order valence-corrected chi connectivity index (χ4v) is 3.65. The molecule has 2 unspecified atom stereocenters. The van der Waals surface area contributed by atoms with Gasteiger partial charge in [0, 0.05) is 24.8 Å². The van der Waals surface area contributed by atoms with E-state index in [9.17, 15) is 10.1 Å². The molecule has 1 aromatic heterocycles. The monoisotopic (exact) mass is 359 g/mol. The SMILES string of the molecule is CC(c1ccccc1)N(c1nc([N+](=O)[O-])nn1C)C1CCOC(C)(C)C1. The Morgan fingerprint density at radius 1 is 1.38 bits per heavy atom. The van der Waals surface area contributed by atoms with Gasteiger partial charge >= 0.3 is 11.9 Å². The molecule has 3 rings (SSSR count). The third-order valence-electron chi connectivity index (χ3n) is 4.89. The van der Waals surface area contributed by atoms with Crippen LogP contribution in [0.15, 0.2) is 30.3 Å². The first-order valence-corrected chi connectivity index (χ1v) is 8.81. The standard InChI is InChI=1S/C18H25N5O3/c1-13(14-8-6-5-7-9-14)22(15-10-11-26-18(2,3)12-15)17-19-16(23(24)25)20-21(17)4/h5-9,13,15H,10-12H2,1-4H3. The molecule has 0 N–H and O–H groups in total. The summed E-state index contributed by atoms with van der Waals surface area (Å²) in [6, 6.07) is 10.2. The number of hydrogen-bond acceptors (Lipinski definition) is 6. The highest BCUT2D eigenvalue weighted by molar-refractivity contribution is 5.40. The third kappa shape index (κ3) is 3.70. The van der Waals surface area contributed by atoms with Gasteiger partial charge in [0.05, 0.1) is 11.6 Å². The van der Waals surface area contributed by atoms with Crippen molar-refractivity contribution in [1.29, 1.82) is 0 Å². The number of aryl methyl sites for hydroxylation is 1. The van der Waals surface area contributed by atoms with Crippen LogP contribution >= 0.6 is 0 Å². The number of nitro groups is 1. The van der Waals surface area contributed by atoms with Gasteiger partial charge in [-0.1, -0.05) is 30.3 Å². The van der Waals surface area contributed by atoms with Crippen LogP contribution in [0.2, 0.25) is 0 Å². The summed E-state index contributed by atoms with van der Waals surface area (Å²) in [6.07, 6.45) is 1.64. The highest BCUT2D eigenvalue weighted by Crippen LogP contribution is 2.35. The van der Waals surface area contributed by atoms with E-state index in [-0.39, 0.29) is 23.6 Å². The molecule has 2 aromatic rings. The first-order valence-electron chi connectivity index (χ1n) is 8.81. The fourth-order valence-electron chi connectivity index (χ4n) is 3.65. The molecule has 1 saturated heterocycles. The number of aromatic nitrogens is 3. The van der Waals surface area contributed by atoms with Gasteiger partial charge in [-0.15, -0.1) is 0 Å². The van der Waals surface area contributed by atoms with E-state index < -0.39 is 4.92 Å². The van der Waals surface area contributed by atoms with Crippen molar-refractivity contribution in [1.82, 2.24) is 14.8 Å². The Morgan fingerprint density at radius 3 is 2.65 bits per heavy atom. The topological polar surface area (TPSA) is 86.3 Å². The molecule has 26 heavy (non-hydrogen) atoms. The van der Waals surface area contributed by atoms with Crippen molar-refractivity contribution in [3.63, 3.8) is 0 Å². The maximum absolute atomic E-state index is 11.1. The number of hydrogen-bond donors (Lipinski definition) is 0. The molecule has 0 amide bonds. The molecule has 1 aromatic carbocycles. The number of nitrogens with zero attached hydrogens (tertiary/aromatic N) is 5. The zero-order chi connectivity index (χ0) is 18.9. The van der Waals surface area contributed by atoms with Crippen LogP contribution in [0.4, 0.5) is 11.9 Å². The van der Waals surface area contributed by atoms with Gasteiger partial charge in [-0.3, -0.25) is 0 Å². The number of rotatable bonds is 5. The lowest BCUT2D eigenvalue weighted by Gasteiger charge is -2.43. The van der Waals surface area contributed by atoms with Gasteiger partial charge < -0.3 is 19.8 Å². The van der Waals surface area contributed by atoms with Gasteiger partial charge in [0.15, 0.2) is 0 Å². The molecule has 140 valence electrons. The van der Waals surface area contributed by atoms with Crippen LogP contribution in [0.1, 0.15) is 45.2 Å². The molecular formula is C18H25N5O3. The highest BCUT2D eigenvalue weighted by Gasteiger charge is 2.38. The number of benzene rings is 1. The normalized spacial score (nSPS) is 20.5. The van der Waals surface area contributed by atoms with Crippen molar-refractivity contribution in [3.05, 3.63) is 46.0 Å². The minimum absolute atomic E-state index is 0.00222. The zero-order valence-electron chi connectivity index (χ0n) is 15.6. The Morgan fingerprint density at radius 2 is 2.08 bits per heavy atom. The maximum atomic E-state index is 11.1. The van der Waals surface area contributed by atoms with E-state index in [1.807, 2.05) is 18.2 Å². The summed E-state index contributed by atoms with van der Waals surface area (Å²) in [5.41, 5.74) is 0.879. The Kier molecular flexibility index (Phi) is 4.95. The highest BCUT2D eigenvalue weighted by atomic mass is 16.6. The quantitative estimate of drug-likeness (QED) is 0.602. The molecular weight excluding hydrogens is 334 g/mol. The van der Waals surface area contributed by atoms with Crippen molar-refractivity contribution >= 4 is 11.9 Å². The predicted molar refractivity (Wildman–Crippen MR) is 98.0 cm³/mol. The molecule has 0 bridgehead atoms. The second kappa shape index (κ2) is 7.03. The lowest BCUT2D eigenvalue weighted by atomic mass is 9.91. The molecule has 8 nitrogen and oxygen atoms in total. The van der Waals surface area contributed by atoms with Gasteiger partial charge in [-0.2, -0.15) is 4.68 Å². The summed E-state index contributed by atoms with van der Waals surface area (Å²) in [5, 5.41) is 15.1. The minimum atomic E-state index is -0.553. The average Bonchev–Trinajstić information content (AvgIpc) is 2.97. The van der Waals surface area contributed by atoms with Gasteiger partial charge in [0.2, 0.25) is 0 Å². The summed E-state index contributed by atoms with van der Waals surface area (Å²) >= 11 is 0. The van der Waals surface area contributed by atoms with Crippen molar-refractivity contribution in [2.75, 3.05) is 11.5 Å². The first-order chi connectivity index (χ1) is 12.3. The largest absolute Gasteiger partial charge is 0.493 e. The van der Waals surface area contributed by atoms with Gasteiger partial charge in [0.1, 0.15) is 0 Å². The van der Waals surface area contributed by atoms with Crippen LogP contribution in [-0.4, -0.2) is 37.9 Å². The molecule has 0 aliphatic carbocycles. The average molecular weight is 359 g/mol. The first kappa shape index (κ1) is 18.3. The molecule has 0 saturated carbocycles. The van der Waals surface area contributed by atoms with Crippen LogP contribution < -0.4 is 4.90 Å². The van der Waals surface area contributed by atoms with E-state index in [2.05, 4.69) is 47.9 Å². The summed E-state index contributed by atoms with van der Waals surface area (Å²) in [4.78, 5) is 17.0. The molecule has 1 aliphatic heterocycles. The Balaban J connectivity index is 2.03. The van der Waals surface area contributed by atoms with Gasteiger partial charge in [0.25, 0.3) is 0 Å². The number of ether oxygens (including phenoxy) is 1. The van der Waals surface area contributed by atoms with Crippen LogP contribution in [0, 0.1) is 10.1 Å². The number of anilines is 1. The van der Waals surface area contributed by atoms with E-state index >= 15 is 0 Å². The summed E-state index contributed by atoms with van der Waals surface area (Å²) in [6.45, 7) is 6.89. The Bertz CT molecular complexity index is 774. The van der Waals surface area contributed by atoms with Crippen molar-refractivity contribution in [3.8, 4) is 0 Å². The predicted octanol–water partition coefficient (Wildman–Crippen LogP) is 3.25. The van der Waals surface area contributed by atoms with E-state index in [0.29, 0.717) is 12.6 Å². The second-order valence-electron chi connectivity index (χ2n) is 7.34. The fraction of sp³-hybridized carbons (Fsp3) is 0.556. The van der Waals surface area contributed by atoms with Crippen LogP contribution in [0.3, 0.4) is 0 Å². The molecule has 0 radical (unpaired) electrons. The van der Waals surface area contributed by atoms with E-state index in [1.165, 1.54) is 4.68 Å². The van der Waals surface area contributed by atoms with Crippen LogP contribution in [0.25, 0.3) is 0 Å². The van der Waals surface area contributed by atoms with Crippen molar-refractivity contribution in [2.45, 2.75) is 51.3 Å². The summed E-state index contributed by atoms with van der Waals surface area (Å²) < 4.78 is 7.36. The second-order valence-corrected chi connectivity index (χ2v) is 7.34. The van der Waals surface area contributed by atoms with Crippen LogP contribution in [-0.2, 0) is 11.8 Å². The molecule has 2 atom stereocenters. The van der Waals surface area contributed by atoms with E-state index in [1.54, 1.807) is 7.05 Å². The van der Waals surface area contributed by atoms with E-state index in [0.717, 1.165) is 18.4 Å². The maximum Gasteiger partial charge on any atom is 0.493 e. The molecule has 2 heterocycles. The molecule has 1 fully saturated rings. The van der Waals surface area contributed by atoms with Crippen LogP contribution in [0.5, 0.6) is 0 Å². The van der Waals surface area contributed by atoms with Gasteiger partial charge in [-0.05, 0) is 49.1 Å². The minimum Gasteiger partial charge on any atom is -0.390 e. The lowest BCUT2D eigenvalue weighted by molar-refractivity contribution is -0.394. The molecule has 0 spiro atoms. The Labute approximate surface area is 152 Å². The van der Waals surface area contributed by atoms with Crippen molar-refractivity contribution in [2.24, 2.45) is 7.05 Å². The third-order valence-corrected chi connectivity index (χ3v) is 4.89. The Hall–Kier alpha value is -2.48. The van der Waals surface area contributed by atoms with Gasteiger partial charge in [-0.25, -0.2) is 0 Å². The smallest absolute Gasteiger partial charge is 0.390 e. The van der Waals surface area contributed by atoms with Crippen molar-refractivity contribution < 1.29 is 9.66 Å². The summed E-state index contributed by atoms with van der Waals surface area (Å²) in [7, 11) is 1.70.